The molecule has 0 aromatic heterocycles. The molecule has 118 valence electrons. The standard InChI is InChI=1S/C18H17FN2O2/c19-14-5-6-16-15(9-14)18(7-8-18)11-21(16)10-12-1-3-13(4-2-12)17(22)20-23/h1-6,9,23H,7-8,10-11H2,(H,20,22). The molecule has 1 aliphatic heterocycles. The molecule has 1 aliphatic carbocycles. The number of carbonyl (C=O) groups is 1. The van der Waals surface area contributed by atoms with Crippen molar-refractivity contribution in [2.75, 3.05) is 11.4 Å². The summed E-state index contributed by atoms with van der Waals surface area (Å²) in [6.45, 7) is 1.64. The zero-order chi connectivity index (χ0) is 16.0. The fourth-order valence-corrected chi connectivity index (χ4v) is 3.51. The Kier molecular flexibility index (Phi) is 3.13. The highest BCUT2D eigenvalue weighted by Gasteiger charge is 2.51. The molecule has 2 N–H and O–H groups in total. The lowest BCUT2D eigenvalue weighted by atomic mass is 9.99. The average molecular weight is 312 g/mol. The van der Waals surface area contributed by atoms with Gasteiger partial charge in [0.05, 0.1) is 0 Å². The topological polar surface area (TPSA) is 52.6 Å². The number of fused-ring (bicyclic) bond motifs is 2. The van der Waals surface area contributed by atoms with Crippen LogP contribution >= 0.6 is 0 Å². The first-order valence-corrected chi connectivity index (χ1v) is 7.70. The highest BCUT2D eigenvalue weighted by molar-refractivity contribution is 5.93. The average Bonchev–Trinajstić information content (AvgIpc) is 3.28. The second kappa shape index (κ2) is 5.06. The van der Waals surface area contributed by atoms with Gasteiger partial charge in [0, 0.05) is 29.8 Å². The third-order valence-electron chi connectivity index (χ3n) is 4.91. The number of nitrogens with zero attached hydrogens (tertiary/aromatic N) is 1. The zero-order valence-electron chi connectivity index (χ0n) is 12.6. The molecule has 1 spiro atoms. The SMILES string of the molecule is O=C(NO)c1ccc(CN2CC3(CC3)c3cc(F)ccc32)cc1. The van der Waals surface area contributed by atoms with Gasteiger partial charge in [-0.15, -0.1) is 0 Å². The number of benzene rings is 2. The molecule has 0 unspecified atom stereocenters. The van der Waals surface area contributed by atoms with Crippen molar-refractivity contribution in [2.45, 2.75) is 24.8 Å². The number of halogens is 1. The minimum absolute atomic E-state index is 0.147. The number of rotatable bonds is 3. The van der Waals surface area contributed by atoms with E-state index in [1.807, 2.05) is 18.2 Å². The van der Waals surface area contributed by atoms with Gasteiger partial charge in [-0.2, -0.15) is 0 Å². The monoisotopic (exact) mass is 312 g/mol. The largest absolute Gasteiger partial charge is 0.366 e. The van der Waals surface area contributed by atoms with Gasteiger partial charge in [-0.3, -0.25) is 10.0 Å². The lowest BCUT2D eigenvalue weighted by Crippen LogP contribution is -2.24. The van der Waals surface area contributed by atoms with Crippen LogP contribution < -0.4 is 10.4 Å². The molecule has 0 radical (unpaired) electrons. The predicted molar refractivity (Wildman–Crippen MR) is 84.1 cm³/mol. The second-order valence-electron chi connectivity index (χ2n) is 6.44. The quantitative estimate of drug-likeness (QED) is 0.677. The summed E-state index contributed by atoms with van der Waals surface area (Å²) < 4.78 is 13.6. The van der Waals surface area contributed by atoms with Gasteiger partial charge in [0.15, 0.2) is 0 Å². The Morgan fingerprint density at radius 2 is 1.96 bits per heavy atom. The Bertz CT molecular complexity index is 769. The zero-order valence-corrected chi connectivity index (χ0v) is 12.6. The first kappa shape index (κ1) is 14.2. The molecule has 5 heteroatoms. The van der Waals surface area contributed by atoms with Crippen molar-refractivity contribution in [1.82, 2.24) is 5.48 Å². The van der Waals surface area contributed by atoms with E-state index >= 15 is 0 Å². The molecule has 1 amide bonds. The number of amides is 1. The fraction of sp³-hybridized carbons (Fsp3) is 0.278. The predicted octanol–water partition coefficient (Wildman–Crippen LogP) is 3.00. The van der Waals surface area contributed by atoms with Crippen molar-refractivity contribution in [3.05, 3.63) is 65.0 Å². The van der Waals surface area contributed by atoms with Crippen molar-refractivity contribution >= 4 is 11.6 Å². The van der Waals surface area contributed by atoms with Crippen LogP contribution in [0.15, 0.2) is 42.5 Å². The summed E-state index contributed by atoms with van der Waals surface area (Å²) in [6.07, 6.45) is 2.24. The molecular formula is C18H17FN2O2. The maximum absolute atomic E-state index is 13.6. The normalized spacial score (nSPS) is 17.2. The van der Waals surface area contributed by atoms with Gasteiger partial charge in [0.25, 0.3) is 5.91 Å². The van der Waals surface area contributed by atoms with Crippen LogP contribution in [0.4, 0.5) is 10.1 Å². The van der Waals surface area contributed by atoms with Crippen molar-refractivity contribution in [2.24, 2.45) is 0 Å². The van der Waals surface area contributed by atoms with Gasteiger partial charge in [-0.1, -0.05) is 12.1 Å². The molecule has 23 heavy (non-hydrogen) atoms. The number of hydrogen-bond acceptors (Lipinski definition) is 3. The third-order valence-corrected chi connectivity index (χ3v) is 4.91. The van der Waals surface area contributed by atoms with Crippen LogP contribution in [0.25, 0.3) is 0 Å². The number of carbonyl (C=O) groups excluding carboxylic acids is 1. The van der Waals surface area contributed by atoms with Crippen LogP contribution in [0.1, 0.15) is 34.3 Å². The molecular weight excluding hydrogens is 295 g/mol. The minimum atomic E-state index is -0.518. The van der Waals surface area contributed by atoms with Gasteiger partial charge in [-0.25, -0.2) is 9.87 Å². The van der Waals surface area contributed by atoms with E-state index in [9.17, 15) is 9.18 Å². The first-order valence-electron chi connectivity index (χ1n) is 7.70. The van der Waals surface area contributed by atoms with E-state index in [-0.39, 0.29) is 11.2 Å². The van der Waals surface area contributed by atoms with E-state index in [1.165, 1.54) is 6.07 Å². The van der Waals surface area contributed by atoms with Gasteiger partial charge >= 0.3 is 0 Å². The smallest absolute Gasteiger partial charge is 0.274 e. The van der Waals surface area contributed by atoms with Crippen LogP contribution in [0.2, 0.25) is 0 Å². The van der Waals surface area contributed by atoms with Crippen molar-refractivity contribution in [3.8, 4) is 0 Å². The van der Waals surface area contributed by atoms with Crippen LogP contribution in [-0.2, 0) is 12.0 Å². The van der Waals surface area contributed by atoms with Crippen LogP contribution in [0.5, 0.6) is 0 Å². The summed E-state index contributed by atoms with van der Waals surface area (Å²) in [5.74, 6) is -0.688. The summed E-state index contributed by atoms with van der Waals surface area (Å²) in [5, 5.41) is 8.65. The maximum atomic E-state index is 13.6. The molecule has 4 nitrogen and oxygen atoms in total. The Balaban J connectivity index is 1.58. The summed E-state index contributed by atoms with van der Waals surface area (Å²) in [5.41, 5.74) is 5.51. The van der Waals surface area contributed by atoms with E-state index in [1.54, 1.807) is 23.7 Å². The molecule has 1 heterocycles. The molecule has 0 bridgehead atoms. The Morgan fingerprint density at radius 3 is 2.61 bits per heavy atom. The first-order chi connectivity index (χ1) is 11.1. The van der Waals surface area contributed by atoms with Crippen molar-refractivity contribution in [3.63, 3.8) is 0 Å². The minimum Gasteiger partial charge on any atom is -0.366 e. The number of anilines is 1. The Labute approximate surface area is 133 Å². The van der Waals surface area contributed by atoms with E-state index in [4.69, 9.17) is 5.21 Å². The van der Waals surface area contributed by atoms with E-state index in [0.717, 1.165) is 42.7 Å². The molecule has 0 saturated heterocycles. The van der Waals surface area contributed by atoms with Gasteiger partial charge < -0.3 is 4.90 Å². The summed E-state index contributed by atoms with van der Waals surface area (Å²) in [7, 11) is 0. The molecule has 2 aromatic carbocycles. The fourth-order valence-electron chi connectivity index (χ4n) is 3.51. The molecule has 4 rings (SSSR count). The van der Waals surface area contributed by atoms with Crippen LogP contribution in [0.3, 0.4) is 0 Å². The highest BCUT2D eigenvalue weighted by atomic mass is 19.1. The lowest BCUT2D eigenvalue weighted by molar-refractivity contribution is 0.0706. The summed E-state index contributed by atoms with van der Waals surface area (Å²) in [4.78, 5) is 13.6. The van der Waals surface area contributed by atoms with Crippen molar-refractivity contribution < 1.29 is 14.4 Å². The van der Waals surface area contributed by atoms with Crippen LogP contribution in [0, 0.1) is 5.82 Å². The number of hydrogen-bond donors (Lipinski definition) is 2. The molecule has 1 fully saturated rings. The molecule has 1 saturated carbocycles. The molecule has 2 aromatic rings. The molecule has 0 atom stereocenters. The Morgan fingerprint density at radius 1 is 1.22 bits per heavy atom. The maximum Gasteiger partial charge on any atom is 0.274 e. The van der Waals surface area contributed by atoms with E-state index < -0.39 is 5.91 Å². The Hall–Kier alpha value is -2.40. The van der Waals surface area contributed by atoms with Gasteiger partial charge in [0.1, 0.15) is 5.82 Å². The lowest BCUT2D eigenvalue weighted by Gasteiger charge is -2.20. The van der Waals surface area contributed by atoms with E-state index in [0.29, 0.717) is 5.56 Å². The van der Waals surface area contributed by atoms with Crippen LogP contribution in [-0.4, -0.2) is 17.7 Å². The van der Waals surface area contributed by atoms with Gasteiger partial charge in [0.2, 0.25) is 0 Å². The number of hydroxylamine groups is 1. The third kappa shape index (κ3) is 2.37. The highest BCUT2D eigenvalue weighted by Crippen LogP contribution is 2.56. The van der Waals surface area contributed by atoms with Crippen molar-refractivity contribution in [1.29, 1.82) is 0 Å². The van der Waals surface area contributed by atoms with E-state index in [2.05, 4.69) is 4.90 Å². The van der Waals surface area contributed by atoms with Gasteiger partial charge in [-0.05, 0) is 54.3 Å². The molecule has 2 aliphatic rings. The summed E-state index contributed by atoms with van der Waals surface area (Å²) in [6, 6.07) is 12.2. The number of nitrogens with one attached hydrogen (secondary N) is 1. The summed E-state index contributed by atoms with van der Waals surface area (Å²) >= 11 is 0. The second-order valence-corrected chi connectivity index (χ2v) is 6.44.